The van der Waals surface area contributed by atoms with Gasteiger partial charge in [0.1, 0.15) is 5.75 Å². The van der Waals surface area contributed by atoms with Gasteiger partial charge >= 0.3 is 0 Å². The molecular formula is C27H32N6O3. The Labute approximate surface area is 210 Å². The van der Waals surface area contributed by atoms with Gasteiger partial charge in [-0.15, -0.1) is 5.10 Å². The number of hydrogen-bond donors (Lipinski definition) is 1. The predicted molar refractivity (Wildman–Crippen MR) is 137 cm³/mol. The lowest BCUT2D eigenvalue weighted by Crippen LogP contribution is -2.29. The second-order valence-electron chi connectivity index (χ2n) is 9.54. The highest BCUT2D eigenvalue weighted by molar-refractivity contribution is 5.83. The molecule has 0 bridgehead atoms. The van der Waals surface area contributed by atoms with E-state index in [4.69, 9.17) is 9.47 Å². The first-order chi connectivity index (χ1) is 17.5. The molecule has 9 nitrogen and oxygen atoms in total. The third kappa shape index (κ3) is 5.32. The number of H-pyrrole nitrogens is 1. The summed E-state index contributed by atoms with van der Waals surface area (Å²) in [7, 11) is 1.67. The van der Waals surface area contributed by atoms with Crippen molar-refractivity contribution in [2.75, 3.05) is 13.7 Å². The molecule has 0 amide bonds. The smallest absolute Gasteiger partial charge is 0.252 e. The van der Waals surface area contributed by atoms with Gasteiger partial charge in [-0.2, -0.15) is 0 Å². The summed E-state index contributed by atoms with van der Waals surface area (Å²) in [6.07, 6.45) is 2.20. The summed E-state index contributed by atoms with van der Waals surface area (Å²) in [5, 5.41) is 13.5. The van der Waals surface area contributed by atoms with Gasteiger partial charge in [0.2, 0.25) is 0 Å². The van der Waals surface area contributed by atoms with Crippen molar-refractivity contribution >= 4 is 10.9 Å². The standard InChI is InChI=1S/C27H32N6O3/c1-18-11-19(2)23-13-21(27(34)28-24(23)12-18)15-32(14-20-7-4-5-9-25(20)35-3)17-26-29-30-31-33(26)16-22-8-6-10-36-22/h4-5,7,9,11-13,22H,6,8,10,14-17H2,1-3H3,(H,28,34)/t22-/m1/s1. The Kier molecular flexibility index (Phi) is 7.11. The van der Waals surface area contributed by atoms with Crippen LogP contribution in [0, 0.1) is 13.8 Å². The van der Waals surface area contributed by atoms with Gasteiger partial charge in [-0.05, 0) is 66.4 Å². The number of fused-ring (bicyclic) bond motifs is 1. The van der Waals surface area contributed by atoms with Crippen molar-refractivity contribution in [2.24, 2.45) is 0 Å². The molecule has 0 unspecified atom stereocenters. The van der Waals surface area contributed by atoms with Gasteiger partial charge in [0.25, 0.3) is 5.56 Å². The van der Waals surface area contributed by atoms with Crippen LogP contribution in [0.3, 0.4) is 0 Å². The highest BCUT2D eigenvalue weighted by atomic mass is 16.5. The molecular weight excluding hydrogens is 456 g/mol. The average Bonchev–Trinajstić information content (AvgIpc) is 3.53. The molecule has 188 valence electrons. The monoisotopic (exact) mass is 488 g/mol. The van der Waals surface area contributed by atoms with Crippen LogP contribution >= 0.6 is 0 Å². The lowest BCUT2D eigenvalue weighted by Gasteiger charge is -2.23. The van der Waals surface area contributed by atoms with Gasteiger partial charge in [-0.3, -0.25) is 9.69 Å². The fourth-order valence-corrected chi connectivity index (χ4v) is 4.98. The van der Waals surface area contributed by atoms with Crippen molar-refractivity contribution in [3.63, 3.8) is 0 Å². The van der Waals surface area contributed by atoms with Gasteiger partial charge in [-0.25, -0.2) is 4.68 Å². The van der Waals surface area contributed by atoms with Crippen LogP contribution < -0.4 is 10.3 Å². The summed E-state index contributed by atoms with van der Waals surface area (Å²) in [5.74, 6) is 1.55. The van der Waals surface area contributed by atoms with Crippen LogP contribution in [-0.2, 0) is 30.9 Å². The third-order valence-electron chi connectivity index (χ3n) is 6.74. The molecule has 0 aliphatic carbocycles. The molecule has 1 N–H and O–H groups in total. The molecule has 4 aromatic rings. The lowest BCUT2D eigenvalue weighted by molar-refractivity contribution is 0.0914. The average molecular weight is 489 g/mol. The van der Waals surface area contributed by atoms with E-state index >= 15 is 0 Å². The molecule has 1 aliphatic rings. The molecule has 0 saturated carbocycles. The van der Waals surface area contributed by atoms with Gasteiger partial charge in [0.15, 0.2) is 5.82 Å². The van der Waals surface area contributed by atoms with E-state index in [2.05, 4.69) is 38.4 Å². The fourth-order valence-electron chi connectivity index (χ4n) is 4.98. The Morgan fingerprint density at radius 2 is 1.97 bits per heavy atom. The minimum Gasteiger partial charge on any atom is -0.496 e. The number of rotatable bonds is 9. The molecule has 3 heterocycles. The Balaban J connectivity index is 1.46. The van der Waals surface area contributed by atoms with E-state index in [-0.39, 0.29) is 11.7 Å². The first-order valence-electron chi connectivity index (χ1n) is 12.3. The summed E-state index contributed by atoms with van der Waals surface area (Å²) in [6.45, 7) is 7.00. The number of methoxy groups -OCH3 is 1. The van der Waals surface area contributed by atoms with Crippen LogP contribution in [-0.4, -0.2) is 49.9 Å². The molecule has 0 radical (unpaired) electrons. The second-order valence-corrected chi connectivity index (χ2v) is 9.54. The number of nitrogens with one attached hydrogen (secondary N) is 1. The van der Waals surface area contributed by atoms with Crippen LogP contribution in [0.5, 0.6) is 5.75 Å². The normalized spacial score (nSPS) is 15.7. The number of ether oxygens (including phenoxy) is 2. The van der Waals surface area contributed by atoms with Crippen molar-refractivity contribution in [1.29, 1.82) is 0 Å². The van der Waals surface area contributed by atoms with E-state index < -0.39 is 0 Å². The fraction of sp³-hybridized carbons (Fsp3) is 0.407. The van der Waals surface area contributed by atoms with Crippen molar-refractivity contribution in [3.8, 4) is 5.75 Å². The van der Waals surface area contributed by atoms with Crippen LogP contribution in [0.2, 0.25) is 0 Å². The molecule has 5 rings (SSSR count). The van der Waals surface area contributed by atoms with Crippen molar-refractivity contribution in [2.45, 2.75) is 59.0 Å². The Hall–Kier alpha value is -3.56. The predicted octanol–water partition coefficient (Wildman–Crippen LogP) is 3.52. The Bertz CT molecular complexity index is 1410. The van der Waals surface area contributed by atoms with E-state index in [1.165, 1.54) is 0 Å². The van der Waals surface area contributed by atoms with Crippen molar-refractivity contribution in [1.82, 2.24) is 30.1 Å². The number of aryl methyl sites for hydroxylation is 2. The van der Waals surface area contributed by atoms with E-state index in [0.717, 1.165) is 58.6 Å². The van der Waals surface area contributed by atoms with E-state index in [9.17, 15) is 4.79 Å². The van der Waals surface area contributed by atoms with Gasteiger partial charge in [0.05, 0.1) is 26.3 Å². The molecule has 2 aromatic carbocycles. The summed E-state index contributed by atoms with van der Waals surface area (Å²) in [4.78, 5) is 18.4. The van der Waals surface area contributed by atoms with Crippen LogP contribution in [0.15, 0.2) is 47.3 Å². The molecule has 1 fully saturated rings. The van der Waals surface area contributed by atoms with E-state index in [0.29, 0.717) is 31.7 Å². The quantitative estimate of drug-likeness (QED) is 0.385. The lowest BCUT2D eigenvalue weighted by atomic mass is 10.0. The SMILES string of the molecule is COc1ccccc1CN(Cc1cc2c(C)cc(C)cc2[nH]c1=O)Cc1nnnn1C[C@H]1CCCO1. The van der Waals surface area contributed by atoms with Gasteiger partial charge < -0.3 is 14.5 Å². The van der Waals surface area contributed by atoms with E-state index in [1.54, 1.807) is 7.11 Å². The van der Waals surface area contributed by atoms with Crippen molar-refractivity contribution in [3.05, 3.63) is 80.9 Å². The molecule has 36 heavy (non-hydrogen) atoms. The summed E-state index contributed by atoms with van der Waals surface area (Å²) >= 11 is 0. The van der Waals surface area contributed by atoms with Gasteiger partial charge in [-0.1, -0.05) is 24.3 Å². The minimum atomic E-state index is -0.0866. The van der Waals surface area contributed by atoms with Crippen LogP contribution in [0.4, 0.5) is 0 Å². The highest BCUT2D eigenvalue weighted by Crippen LogP contribution is 2.23. The topological polar surface area (TPSA) is 98.2 Å². The number of benzene rings is 2. The number of aromatic nitrogens is 5. The molecule has 0 spiro atoms. The molecule has 1 atom stereocenters. The van der Waals surface area contributed by atoms with Crippen molar-refractivity contribution < 1.29 is 9.47 Å². The summed E-state index contributed by atoms with van der Waals surface area (Å²) in [6, 6.07) is 14.1. The molecule has 1 aliphatic heterocycles. The van der Waals surface area contributed by atoms with Crippen LogP contribution in [0.1, 0.15) is 40.9 Å². The zero-order chi connectivity index (χ0) is 25.1. The largest absolute Gasteiger partial charge is 0.496 e. The highest BCUT2D eigenvalue weighted by Gasteiger charge is 2.21. The molecule has 1 saturated heterocycles. The number of aromatic amines is 1. The Morgan fingerprint density at radius 1 is 1.14 bits per heavy atom. The number of pyridine rings is 1. The first kappa shape index (κ1) is 24.1. The van der Waals surface area contributed by atoms with Gasteiger partial charge in [0, 0.05) is 41.7 Å². The zero-order valence-corrected chi connectivity index (χ0v) is 21.0. The summed E-state index contributed by atoms with van der Waals surface area (Å²) < 4.78 is 13.2. The molecule has 2 aromatic heterocycles. The zero-order valence-electron chi connectivity index (χ0n) is 21.0. The maximum atomic E-state index is 13.1. The Morgan fingerprint density at radius 3 is 2.78 bits per heavy atom. The maximum absolute atomic E-state index is 13.1. The maximum Gasteiger partial charge on any atom is 0.252 e. The second kappa shape index (κ2) is 10.6. The van der Waals surface area contributed by atoms with E-state index in [1.807, 2.05) is 48.0 Å². The molecule has 9 heteroatoms. The first-order valence-corrected chi connectivity index (χ1v) is 12.3. The number of nitrogens with zero attached hydrogens (tertiary/aromatic N) is 5. The summed E-state index contributed by atoms with van der Waals surface area (Å²) in [5.41, 5.74) is 4.76. The number of para-hydroxylation sites is 1. The minimum absolute atomic E-state index is 0.0866. The number of tetrazole rings is 1. The number of hydrogen-bond acceptors (Lipinski definition) is 7. The van der Waals surface area contributed by atoms with Crippen LogP contribution in [0.25, 0.3) is 10.9 Å². The third-order valence-corrected chi connectivity index (χ3v) is 6.74.